The van der Waals surface area contributed by atoms with Gasteiger partial charge in [0.05, 0.1) is 25.3 Å². The molecule has 154 valence electrons. The number of hydrogen-bond donors (Lipinski definition) is 2. The van der Waals surface area contributed by atoms with Gasteiger partial charge in [-0.3, -0.25) is 0 Å². The van der Waals surface area contributed by atoms with E-state index in [1.54, 1.807) is 19.2 Å². The normalized spacial score (nSPS) is 11.1. The summed E-state index contributed by atoms with van der Waals surface area (Å²) in [7, 11) is 5.68. The Morgan fingerprint density at radius 3 is 2.50 bits per heavy atom. The highest BCUT2D eigenvalue weighted by atomic mass is 127. The number of nitrogens with one attached hydrogen (secondary N) is 1. The predicted molar refractivity (Wildman–Crippen MR) is 127 cm³/mol. The number of aliphatic imine (C=N–C) groups is 1. The molecule has 3 N–H and O–H groups in total. The number of nitrogens with two attached hydrogens (primary N) is 1. The lowest BCUT2D eigenvalue weighted by Crippen LogP contribution is -2.22. The van der Waals surface area contributed by atoms with Crippen LogP contribution in [-0.4, -0.2) is 45.2 Å². The van der Waals surface area contributed by atoms with E-state index in [1.165, 1.54) is 0 Å². The Balaban J connectivity index is 0.00000392. The summed E-state index contributed by atoms with van der Waals surface area (Å²) in [5, 5.41) is 3.53. The molecule has 2 aromatic carbocycles. The molecule has 0 saturated carbocycles. The van der Waals surface area contributed by atoms with Crippen LogP contribution in [0.25, 0.3) is 0 Å². The van der Waals surface area contributed by atoms with Gasteiger partial charge in [0, 0.05) is 12.2 Å². The Morgan fingerprint density at radius 2 is 1.89 bits per heavy atom. The number of benzene rings is 2. The molecule has 6 nitrogen and oxygen atoms in total. The van der Waals surface area contributed by atoms with Crippen molar-refractivity contribution in [2.24, 2.45) is 10.7 Å². The Hall–Kier alpha value is -1.71. The van der Waals surface area contributed by atoms with Gasteiger partial charge in [-0.25, -0.2) is 4.99 Å². The Morgan fingerprint density at radius 1 is 1.18 bits per heavy atom. The first kappa shape index (κ1) is 24.3. The van der Waals surface area contributed by atoms with Crippen LogP contribution in [0.4, 0.5) is 5.69 Å². The number of rotatable bonds is 9. The van der Waals surface area contributed by atoms with Crippen LogP contribution in [0.2, 0.25) is 5.02 Å². The second-order valence-corrected chi connectivity index (χ2v) is 6.73. The highest BCUT2D eigenvalue weighted by Gasteiger charge is 2.03. The summed E-state index contributed by atoms with van der Waals surface area (Å²) >= 11 is 6.10. The van der Waals surface area contributed by atoms with Gasteiger partial charge >= 0.3 is 0 Å². The fraction of sp³-hybridized carbons (Fsp3) is 0.350. The number of halogens is 2. The van der Waals surface area contributed by atoms with Gasteiger partial charge in [-0.2, -0.15) is 0 Å². The topological polar surface area (TPSA) is 72.1 Å². The molecule has 0 bridgehead atoms. The molecule has 0 unspecified atom stereocenters. The highest BCUT2D eigenvalue weighted by Crippen LogP contribution is 2.27. The number of methoxy groups -OCH3 is 1. The monoisotopic (exact) mass is 518 g/mol. The highest BCUT2D eigenvalue weighted by molar-refractivity contribution is 14.0. The van der Waals surface area contributed by atoms with Gasteiger partial charge < -0.3 is 25.4 Å². The quantitative estimate of drug-likeness (QED) is 0.225. The molecule has 0 aliphatic carbocycles. The summed E-state index contributed by atoms with van der Waals surface area (Å²) in [6.45, 7) is 2.19. The van der Waals surface area contributed by atoms with E-state index in [2.05, 4.69) is 29.3 Å². The lowest BCUT2D eigenvalue weighted by molar-refractivity contribution is 0.281. The first-order valence-electron chi connectivity index (χ1n) is 8.75. The van der Waals surface area contributed by atoms with Gasteiger partial charge in [0.2, 0.25) is 0 Å². The predicted octanol–water partition coefficient (Wildman–Crippen LogP) is 4.22. The molecule has 0 aliphatic rings. The Labute approximate surface area is 189 Å². The van der Waals surface area contributed by atoms with Crippen molar-refractivity contribution in [3.8, 4) is 11.5 Å². The van der Waals surface area contributed by atoms with E-state index in [0.717, 1.165) is 30.0 Å². The van der Waals surface area contributed by atoms with Gasteiger partial charge in [-0.1, -0.05) is 23.7 Å². The van der Waals surface area contributed by atoms with E-state index in [0.29, 0.717) is 29.9 Å². The van der Waals surface area contributed by atoms with Crippen LogP contribution in [0.3, 0.4) is 0 Å². The van der Waals surface area contributed by atoms with E-state index in [-0.39, 0.29) is 24.0 Å². The summed E-state index contributed by atoms with van der Waals surface area (Å²) < 4.78 is 10.9. The van der Waals surface area contributed by atoms with Crippen molar-refractivity contribution in [1.29, 1.82) is 0 Å². The van der Waals surface area contributed by atoms with E-state index < -0.39 is 0 Å². The molecular weight excluding hydrogens is 491 g/mol. The SMILES string of the molecule is COc1ccc(NC(N)=NCc2ccc(OCCCN(C)C)cc2)cc1Cl.I. The van der Waals surface area contributed by atoms with Crippen molar-refractivity contribution in [1.82, 2.24) is 4.90 Å². The number of ether oxygens (including phenoxy) is 2. The molecule has 0 spiro atoms. The zero-order valence-corrected chi connectivity index (χ0v) is 19.5. The molecule has 0 aliphatic heterocycles. The Bertz CT molecular complexity index is 754. The van der Waals surface area contributed by atoms with Crippen LogP contribution < -0.4 is 20.5 Å². The van der Waals surface area contributed by atoms with E-state index >= 15 is 0 Å². The molecule has 0 heterocycles. The lowest BCUT2D eigenvalue weighted by atomic mass is 10.2. The summed E-state index contributed by atoms with van der Waals surface area (Å²) in [6.07, 6.45) is 0.997. The van der Waals surface area contributed by atoms with Crippen LogP contribution >= 0.6 is 35.6 Å². The minimum Gasteiger partial charge on any atom is -0.495 e. The van der Waals surface area contributed by atoms with E-state index in [4.69, 9.17) is 26.8 Å². The van der Waals surface area contributed by atoms with E-state index in [1.807, 2.05) is 30.3 Å². The molecule has 2 aromatic rings. The third kappa shape index (κ3) is 8.53. The zero-order valence-electron chi connectivity index (χ0n) is 16.4. The first-order chi connectivity index (χ1) is 13.0. The van der Waals surface area contributed by atoms with Crippen molar-refractivity contribution < 1.29 is 9.47 Å². The van der Waals surface area contributed by atoms with Gasteiger partial charge in [-0.05, 0) is 56.4 Å². The maximum atomic E-state index is 6.10. The van der Waals surface area contributed by atoms with Crippen molar-refractivity contribution in [2.45, 2.75) is 13.0 Å². The van der Waals surface area contributed by atoms with Gasteiger partial charge in [-0.15, -0.1) is 24.0 Å². The molecule has 8 heteroatoms. The minimum atomic E-state index is 0. The van der Waals surface area contributed by atoms with Crippen molar-refractivity contribution in [3.63, 3.8) is 0 Å². The van der Waals surface area contributed by atoms with E-state index in [9.17, 15) is 0 Å². The summed E-state index contributed by atoms with van der Waals surface area (Å²) in [5.74, 6) is 1.79. The molecule has 0 atom stereocenters. The molecule has 0 fully saturated rings. The van der Waals surface area contributed by atoms with Crippen LogP contribution in [0.15, 0.2) is 47.5 Å². The fourth-order valence-corrected chi connectivity index (χ4v) is 2.63. The van der Waals surface area contributed by atoms with Crippen molar-refractivity contribution in [2.75, 3.05) is 39.7 Å². The second kappa shape index (κ2) is 12.7. The molecule has 0 amide bonds. The smallest absolute Gasteiger partial charge is 0.193 e. The third-order valence-electron chi connectivity index (χ3n) is 3.80. The number of nitrogens with zero attached hydrogens (tertiary/aromatic N) is 2. The molecule has 0 radical (unpaired) electrons. The average Bonchev–Trinajstić information content (AvgIpc) is 2.64. The molecule has 0 aromatic heterocycles. The van der Waals surface area contributed by atoms with Crippen LogP contribution in [-0.2, 0) is 6.54 Å². The summed E-state index contributed by atoms with van der Waals surface area (Å²) in [4.78, 5) is 6.49. The maximum Gasteiger partial charge on any atom is 0.193 e. The van der Waals surface area contributed by atoms with Crippen LogP contribution in [0, 0.1) is 0 Å². The first-order valence-corrected chi connectivity index (χ1v) is 9.12. The Kier molecular flexibility index (Phi) is 11.0. The van der Waals surface area contributed by atoms with Gasteiger partial charge in [0.1, 0.15) is 11.5 Å². The van der Waals surface area contributed by atoms with Gasteiger partial charge in [0.15, 0.2) is 5.96 Å². The van der Waals surface area contributed by atoms with Gasteiger partial charge in [0.25, 0.3) is 0 Å². The number of anilines is 1. The number of guanidine groups is 1. The maximum absolute atomic E-state index is 6.10. The molecule has 0 saturated heterocycles. The third-order valence-corrected chi connectivity index (χ3v) is 4.09. The molecule has 2 rings (SSSR count). The second-order valence-electron chi connectivity index (χ2n) is 6.33. The summed E-state index contributed by atoms with van der Waals surface area (Å²) in [6, 6.07) is 13.2. The number of hydrogen-bond acceptors (Lipinski definition) is 4. The lowest BCUT2D eigenvalue weighted by Gasteiger charge is -2.10. The van der Waals surface area contributed by atoms with Crippen molar-refractivity contribution in [3.05, 3.63) is 53.1 Å². The molecular formula is C20H28ClIN4O2. The van der Waals surface area contributed by atoms with Crippen molar-refractivity contribution >= 4 is 47.2 Å². The minimum absolute atomic E-state index is 0. The summed E-state index contributed by atoms with van der Waals surface area (Å²) in [5.41, 5.74) is 7.75. The largest absolute Gasteiger partial charge is 0.495 e. The zero-order chi connectivity index (χ0) is 19.6. The van der Waals surface area contributed by atoms with Crippen LogP contribution in [0.5, 0.6) is 11.5 Å². The molecule has 28 heavy (non-hydrogen) atoms. The standard InChI is InChI=1S/C20H27ClN4O2.HI/c1-25(2)11-4-12-27-17-8-5-15(6-9-17)14-23-20(22)24-16-7-10-19(26-3)18(21)13-16;/h5-10,13H,4,11-12,14H2,1-3H3,(H3,22,23,24);1H. The average molecular weight is 519 g/mol. The fourth-order valence-electron chi connectivity index (χ4n) is 2.37. The van der Waals surface area contributed by atoms with Crippen LogP contribution in [0.1, 0.15) is 12.0 Å².